The second kappa shape index (κ2) is 2.33. The van der Waals surface area contributed by atoms with Gasteiger partial charge in [-0.3, -0.25) is 4.79 Å². The van der Waals surface area contributed by atoms with E-state index in [2.05, 4.69) is 0 Å². The number of carbonyl (C=O) groups excluding carboxylic acids is 1. The molecule has 2 aliphatic rings. The highest BCUT2D eigenvalue weighted by Gasteiger charge is 2.47. The maximum Gasteiger partial charge on any atom is 0.138 e. The van der Waals surface area contributed by atoms with Crippen LogP contribution in [-0.2, 0) is 4.79 Å². The Balaban J connectivity index is 1.92. The Labute approximate surface area is 68.2 Å². The summed E-state index contributed by atoms with van der Waals surface area (Å²) in [6.45, 7) is 4.04. The maximum atomic E-state index is 11.5. The highest BCUT2D eigenvalue weighted by Crippen LogP contribution is 2.54. The lowest BCUT2D eigenvalue weighted by atomic mass is 9.91. The topological polar surface area (TPSA) is 17.1 Å². The summed E-state index contributed by atoms with van der Waals surface area (Å²) in [5.41, 5.74) is 0. The zero-order chi connectivity index (χ0) is 8.01. The van der Waals surface area contributed by atoms with E-state index in [1.807, 2.05) is 13.8 Å². The Morgan fingerprint density at radius 3 is 2.18 bits per heavy atom. The van der Waals surface area contributed by atoms with Gasteiger partial charge in [0.2, 0.25) is 0 Å². The van der Waals surface area contributed by atoms with Gasteiger partial charge in [0.05, 0.1) is 0 Å². The van der Waals surface area contributed by atoms with Gasteiger partial charge in [-0.2, -0.15) is 0 Å². The van der Waals surface area contributed by atoms with Crippen molar-refractivity contribution in [1.82, 2.24) is 0 Å². The summed E-state index contributed by atoms with van der Waals surface area (Å²) in [5, 5.41) is 0. The molecule has 0 amide bonds. The minimum Gasteiger partial charge on any atom is -0.299 e. The van der Waals surface area contributed by atoms with Gasteiger partial charge in [0, 0.05) is 11.8 Å². The number of Topliss-reactive ketones (excluding diaryl/α,β-unsaturated/α-hetero) is 1. The first kappa shape index (κ1) is 7.33. The van der Waals surface area contributed by atoms with Crippen LogP contribution in [0.5, 0.6) is 0 Å². The highest BCUT2D eigenvalue weighted by atomic mass is 16.1. The Bertz CT molecular complexity index is 173. The average Bonchev–Trinajstić information content (AvgIpc) is 2.57. The van der Waals surface area contributed by atoms with Crippen molar-refractivity contribution >= 4 is 5.78 Å². The van der Waals surface area contributed by atoms with Crippen molar-refractivity contribution in [2.24, 2.45) is 23.7 Å². The molecule has 0 aliphatic heterocycles. The van der Waals surface area contributed by atoms with Crippen LogP contribution in [0.1, 0.15) is 33.1 Å². The van der Waals surface area contributed by atoms with Crippen LogP contribution in [0.15, 0.2) is 0 Å². The first-order chi connectivity index (χ1) is 5.18. The minimum atomic E-state index is 0.262. The minimum absolute atomic E-state index is 0.262. The van der Waals surface area contributed by atoms with Crippen LogP contribution in [0.25, 0.3) is 0 Å². The molecule has 0 aromatic rings. The molecule has 11 heavy (non-hydrogen) atoms. The molecule has 0 aromatic heterocycles. The summed E-state index contributed by atoms with van der Waals surface area (Å²) in [4.78, 5) is 11.5. The summed E-state index contributed by atoms with van der Waals surface area (Å²) in [5.74, 6) is 3.11. The lowest BCUT2D eigenvalue weighted by Gasteiger charge is -2.12. The molecule has 0 spiro atoms. The van der Waals surface area contributed by atoms with Gasteiger partial charge in [-0.1, -0.05) is 13.8 Å². The number of hydrogen-bond acceptors (Lipinski definition) is 1. The molecule has 1 unspecified atom stereocenters. The standard InChI is InChI=1S/C10H16O/c1-6(2)10(11)9-4-7-3-8(7)5-9/h6-9H,3-5H2,1-2H3/t7-,8+,9?. The first-order valence-electron chi connectivity index (χ1n) is 4.72. The molecule has 0 saturated heterocycles. The smallest absolute Gasteiger partial charge is 0.138 e. The Kier molecular flexibility index (Phi) is 1.55. The summed E-state index contributed by atoms with van der Waals surface area (Å²) in [6, 6.07) is 0. The molecule has 0 heterocycles. The normalized spacial score (nSPS) is 40.8. The van der Waals surface area contributed by atoms with Crippen LogP contribution in [0.3, 0.4) is 0 Å². The van der Waals surface area contributed by atoms with Crippen LogP contribution in [0.4, 0.5) is 0 Å². The van der Waals surface area contributed by atoms with E-state index in [-0.39, 0.29) is 5.92 Å². The fourth-order valence-electron chi connectivity index (χ4n) is 2.42. The number of fused-ring (bicyclic) bond motifs is 1. The monoisotopic (exact) mass is 152 g/mol. The predicted molar refractivity (Wildman–Crippen MR) is 44.2 cm³/mol. The van der Waals surface area contributed by atoms with Crippen LogP contribution in [0.2, 0.25) is 0 Å². The molecular formula is C10H16O. The second-order valence-electron chi connectivity index (χ2n) is 4.48. The van der Waals surface area contributed by atoms with Crippen molar-refractivity contribution in [3.05, 3.63) is 0 Å². The van der Waals surface area contributed by atoms with Crippen molar-refractivity contribution in [2.75, 3.05) is 0 Å². The molecule has 2 aliphatic carbocycles. The quantitative estimate of drug-likeness (QED) is 0.593. The second-order valence-corrected chi connectivity index (χ2v) is 4.48. The van der Waals surface area contributed by atoms with E-state index in [9.17, 15) is 4.79 Å². The van der Waals surface area contributed by atoms with Gasteiger partial charge in [0.1, 0.15) is 5.78 Å². The molecule has 2 fully saturated rings. The number of ketones is 1. The van der Waals surface area contributed by atoms with E-state index >= 15 is 0 Å². The van der Waals surface area contributed by atoms with Gasteiger partial charge in [0.25, 0.3) is 0 Å². The van der Waals surface area contributed by atoms with Gasteiger partial charge in [-0.15, -0.1) is 0 Å². The van der Waals surface area contributed by atoms with Crippen molar-refractivity contribution in [3.63, 3.8) is 0 Å². The summed E-state index contributed by atoms with van der Waals surface area (Å²) in [7, 11) is 0. The Morgan fingerprint density at radius 2 is 1.73 bits per heavy atom. The van der Waals surface area contributed by atoms with E-state index in [0.717, 1.165) is 11.8 Å². The third-order valence-electron chi connectivity index (χ3n) is 3.21. The van der Waals surface area contributed by atoms with Crippen molar-refractivity contribution < 1.29 is 4.79 Å². The number of rotatable bonds is 2. The summed E-state index contributed by atoms with van der Waals surface area (Å²) < 4.78 is 0. The SMILES string of the molecule is CC(C)C(=O)C1C[C@@H]2C[C@@H]2C1. The molecule has 1 heteroatoms. The zero-order valence-corrected chi connectivity index (χ0v) is 7.34. The zero-order valence-electron chi connectivity index (χ0n) is 7.34. The molecule has 0 N–H and O–H groups in total. The van der Waals surface area contributed by atoms with Crippen LogP contribution in [-0.4, -0.2) is 5.78 Å². The molecule has 2 rings (SSSR count). The molecule has 3 atom stereocenters. The Morgan fingerprint density at radius 1 is 1.18 bits per heavy atom. The molecule has 0 radical (unpaired) electrons. The van der Waals surface area contributed by atoms with Crippen molar-refractivity contribution in [3.8, 4) is 0 Å². The van der Waals surface area contributed by atoms with E-state index in [1.165, 1.54) is 19.3 Å². The van der Waals surface area contributed by atoms with Gasteiger partial charge in [-0.05, 0) is 31.1 Å². The molecule has 0 bridgehead atoms. The van der Waals surface area contributed by atoms with Gasteiger partial charge >= 0.3 is 0 Å². The van der Waals surface area contributed by atoms with E-state index in [4.69, 9.17) is 0 Å². The third-order valence-corrected chi connectivity index (χ3v) is 3.21. The van der Waals surface area contributed by atoms with Crippen LogP contribution < -0.4 is 0 Å². The lowest BCUT2D eigenvalue weighted by molar-refractivity contribution is -0.125. The van der Waals surface area contributed by atoms with E-state index in [1.54, 1.807) is 0 Å². The maximum absolute atomic E-state index is 11.5. The predicted octanol–water partition coefficient (Wildman–Crippen LogP) is 2.26. The van der Waals surface area contributed by atoms with Gasteiger partial charge in [0.15, 0.2) is 0 Å². The van der Waals surface area contributed by atoms with E-state index < -0.39 is 0 Å². The molecular weight excluding hydrogens is 136 g/mol. The summed E-state index contributed by atoms with van der Waals surface area (Å²) in [6.07, 6.45) is 3.84. The fourth-order valence-corrected chi connectivity index (χ4v) is 2.42. The highest BCUT2D eigenvalue weighted by molar-refractivity contribution is 5.83. The average molecular weight is 152 g/mol. The number of carbonyl (C=O) groups is 1. The van der Waals surface area contributed by atoms with Crippen molar-refractivity contribution in [2.45, 2.75) is 33.1 Å². The largest absolute Gasteiger partial charge is 0.299 e. The molecule has 2 saturated carbocycles. The van der Waals surface area contributed by atoms with Gasteiger partial charge < -0.3 is 0 Å². The molecule has 0 aromatic carbocycles. The first-order valence-corrected chi connectivity index (χ1v) is 4.72. The van der Waals surface area contributed by atoms with Crippen LogP contribution in [0, 0.1) is 23.7 Å². The Hall–Kier alpha value is -0.330. The van der Waals surface area contributed by atoms with Gasteiger partial charge in [-0.25, -0.2) is 0 Å². The molecule has 62 valence electrons. The van der Waals surface area contributed by atoms with Crippen LogP contribution >= 0.6 is 0 Å². The third kappa shape index (κ3) is 1.21. The number of hydrogen-bond donors (Lipinski definition) is 0. The lowest BCUT2D eigenvalue weighted by Crippen LogP contribution is -2.18. The summed E-state index contributed by atoms with van der Waals surface area (Å²) >= 11 is 0. The van der Waals surface area contributed by atoms with E-state index in [0.29, 0.717) is 11.7 Å². The fraction of sp³-hybridized carbons (Fsp3) is 0.900. The molecule has 1 nitrogen and oxygen atoms in total. The van der Waals surface area contributed by atoms with Crippen molar-refractivity contribution in [1.29, 1.82) is 0 Å².